The fourth-order valence-electron chi connectivity index (χ4n) is 2.05. The Morgan fingerprint density at radius 2 is 1.75 bits per heavy atom. The third-order valence-corrected chi connectivity index (χ3v) is 7.61. The molecule has 0 amide bonds. The van der Waals surface area contributed by atoms with Gasteiger partial charge in [-0.25, -0.2) is 0 Å². The lowest BCUT2D eigenvalue weighted by molar-refractivity contribution is 0.830. The zero-order valence-electron chi connectivity index (χ0n) is 10.7. The molecule has 0 atom stereocenters. The SMILES string of the molecule is CC[Si](C)(C)c1ccc(CC2=CCC2)cc1. The van der Waals surface area contributed by atoms with E-state index < -0.39 is 8.07 Å². The van der Waals surface area contributed by atoms with E-state index in [0.29, 0.717) is 0 Å². The van der Waals surface area contributed by atoms with Crippen LogP contribution in [-0.4, -0.2) is 8.07 Å². The van der Waals surface area contributed by atoms with Crippen molar-refractivity contribution in [3.63, 3.8) is 0 Å². The average Bonchev–Trinajstić information content (AvgIpc) is 2.24. The van der Waals surface area contributed by atoms with E-state index in [4.69, 9.17) is 0 Å². The Morgan fingerprint density at radius 1 is 1.12 bits per heavy atom. The predicted octanol–water partition coefficient (Wildman–Crippen LogP) is 3.88. The van der Waals surface area contributed by atoms with Crippen molar-refractivity contribution in [3.8, 4) is 0 Å². The molecule has 0 aliphatic heterocycles. The number of benzene rings is 1. The van der Waals surface area contributed by atoms with Gasteiger partial charge in [-0.1, -0.05) is 67.2 Å². The molecule has 0 radical (unpaired) electrons. The Hall–Kier alpha value is -0.823. The van der Waals surface area contributed by atoms with E-state index in [-0.39, 0.29) is 0 Å². The van der Waals surface area contributed by atoms with Gasteiger partial charge >= 0.3 is 0 Å². The Morgan fingerprint density at radius 3 is 2.19 bits per heavy atom. The van der Waals surface area contributed by atoms with E-state index in [2.05, 4.69) is 50.4 Å². The van der Waals surface area contributed by atoms with Gasteiger partial charge in [0.25, 0.3) is 0 Å². The number of allylic oxidation sites excluding steroid dienone is 2. The standard InChI is InChI=1S/C15H22Si/c1-4-16(2,3)15-10-8-14(9-11-15)12-13-6-5-7-13/h6,8-11H,4-5,7,12H2,1-3H3. The normalized spacial score (nSPS) is 15.6. The summed E-state index contributed by atoms with van der Waals surface area (Å²) in [5.74, 6) is 0. The Kier molecular flexibility index (Phi) is 3.34. The Balaban J connectivity index is 2.09. The Bertz CT molecular complexity index is 384. The molecule has 2 rings (SSSR count). The highest BCUT2D eigenvalue weighted by Gasteiger charge is 2.20. The third-order valence-electron chi connectivity index (χ3n) is 3.95. The summed E-state index contributed by atoms with van der Waals surface area (Å²) in [5, 5.41) is 1.60. The van der Waals surface area contributed by atoms with E-state index in [1.807, 2.05) is 0 Å². The van der Waals surface area contributed by atoms with Crippen LogP contribution in [0.15, 0.2) is 35.9 Å². The summed E-state index contributed by atoms with van der Waals surface area (Å²) in [6, 6.07) is 10.7. The fourth-order valence-corrected chi connectivity index (χ4v) is 3.53. The number of hydrogen-bond donors (Lipinski definition) is 0. The highest BCUT2D eigenvalue weighted by Crippen LogP contribution is 2.22. The van der Waals surface area contributed by atoms with Crippen molar-refractivity contribution in [2.24, 2.45) is 0 Å². The van der Waals surface area contributed by atoms with Crippen molar-refractivity contribution in [2.75, 3.05) is 0 Å². The smallest absolute Gasteiger partial charge is 0.0803 e. The van der Waals surface area contributed by atoms with Crippen LogP contribution in [0.2, 0.25) is 19.1 Å². The number of hydrogen-bond acceptors (Lipinski definition) is 0. The van der Waals surface area contributed by atoms with Crippen molar-refractivity contribution < 1.29 is 0 Å². The van der Waals surface area contributed by atoms with Gasteiger partial charge in [-0.05, 0) is 24.8 Å². The topological polar surface area (TPSA) is 0 Å². The third kappa shape index (κ3) is 2.46. The van der Waals surface area contributed by atoms with E-state index >= 15 is 0 Å². The molecule has 0 spiro atoms. The second-order valence-electron chi connectivity index (χ2n) is 5.51. The molecule has 1 heteroatoms. The summed E-state index contributed by atoms with van der Waals surface area (Å²) in [5.41, 5.74) is 3.11. The van der Waals surface area contributed by atoms with Gasteiger partial charge in [0.2, 0.25) is 0 Å². The molecular weight excluding hydrogens is 208 g/mol. The lowest BCUT2D eigenvalue weighted by Gasteiger charge is -2.21. The second-order valence-corrected chi connectivity index (χ2v) is 10.6. The van der Waals surface area contributed by atoms with Crippen LogP contribution in [0, 0.1) is 0 Å². The molecule has 0 saturated carbocycles. The van der Waals surface area contributed by atoms with Gasteiger partial charge in [-0.3, -0.25) is 0 Å². The molecular formula is C15H22Si. The van der Waals surface area contributed by atoms with Gasteiger partial charge < -0.3 is 0 Å². The molecule has 86 valence electrons. The summed E-state index contributed by atoms with van der Waals surface area (Å²) in [7, 11) is -1.13. The summed E-state index contributed by atoms with van der Waals surface area (Å²) in [4.78, 5) is 0. The van der Waals surface area contributed by atoms with Crippen LogP contribution in [0.4, 0.5) is 0 Å². The molecule has 0 N–H and O–H groups in total. The summed E-state index contributed by atoms with van der Waals surface area (Å²) in [6.07, 6.45) is 6.16. The first-order valence-electron chi connectivity index (χ1n) is 6.39. The predicted molar refractivity (Wildman–Crippen MR) is 75.1 cm³/mol. The zero-order chi connectivity index (χ0) is 11.6. The first-order valence-corrected chi connectivity index (χ1v) is 9.60. The fraction of sp³-hybridized carbons (Fsp3) is 0.467. The van der Waals surface area contributed by atoms with E-state index in [0.717, 1.165) is 0 Å². The first kappa shape index (κ1) is 11.7. The van der Waals surface area contributed by atoms with Crippen LogP contribution in [0.25, 0.3) is 0 Å². The van der Waals surface area contributed by atoms with Gasteiger partial charge in [0.05, 0.1) is 8.07 Å². The molecule has 0 saturated heterocycles. The highest BCUT2D eigenvalue weighted by molar-refractivity contribution is 6.89. The molecule has 0 unspecified atom stereocenters. The molecule has 0 fully saturated rings. The minimum absolute atomic E-state index is 1.13. The van der Waals surface area contributed by atoms with Crippen LogP contribution < -0.4 is 5.19 Å². The molecule has 16 heavy (non-hydrogen) atoms. The van der Waals surface area contributed by atoms with Crippen LogP contribution in [-0.2, 0) is 6.42 Å². The van der Waals surface area contributed by atoms with Crippen molar-refractivity contribution in [2.45, 2.75) is 45.3 Å². The lowest BCUT2D eigenvalue weighted by Crippen LogP contribution is -2.40. The van der Waals surface area contributed by atoms with E-state index in [1.165, 1.54) is 30.9 Å². The summed E-state index contributed by atoms with van der Waals surface area (Å²) >= 11 is 0. The maximum atomic E-state index is 2.45. The van der Waals surface area contributed by atoms with E-state index in [1.54, 1.807) is 10.8 Å². The molecule has 0 bridgehead atoms. The molecule has 1 aliphatic rings. The molecule has 1 aliphatic carbocycles. The van der Waals surface area contributed by atoms with Gasteiger partial charge in [0.15, 0.2) is 0 Å². The van der Waals surface area contributed by atoms with Crippen LogP contribution in [0.1, 0.15) is 25.3 Å². The molecule has 1 aromatic carbocycles. The summed E-state index contributed by atoms with van der Waals surface area (Å²) < 4.78 is 0. The number of rotatable bonds is 4. The molecule has 0 nitrogen and oxygen atoms in total. The quantitative estimate of drug-likeness (QED) is 0.544. The van der Waals surface area contributed by atoms with Crippen molar-refractivity contribution in [3.05, 3.63) is 41.5 Å². The van der Waals surface area contributed by atoms with Gasteiger partial charge in [-0.15, -0.1) is 0 Å². The van der Waals surface area contributed by atoms with Crippen LogP contribution >= 0.6 is 0 Å². The monoisotopic (exact) mass is 230 g/mol. The average molecular weight is 230 g/mol. The lowest BCUT2D eigenvalue weighted by atomic mass is 9.93. The molecule has 0 heterocycles. The van der Waals surface area contributed by atoms with Gasteiger partial charge in [-0.2, -0.15) is 0 Å². The largest absolute Gasteiger partial charge is 0.0847 e. The van der Waals surface area contributed by atoms with Crippen molar-refractivity contribution in [1.29, 1.82) is 0 Å². The first-order chi connectivity index (χ1) is 7.62. The minimum Gasteiger partial charge on any atom is -0.0847 e. The van der Waals surface area contributed by atoms with E-state index in [9.17, 15) is 0 Å². The van der Waals surface area contributed by atoms with Gasteiger partial charge in [0.1, 0.15) is 0 Å². The molecule has 0 aromatic heterocycles. The van der Waals surface area contributed by atoms with Crippen LogP contribution in [0.3, 0.4) is 0 Å². The summed E-state index contributed by atoms with van der Waals surface area (Å²) in [6.45, 7) is 7.23. The zero-order valence-corrected chi connectivity index (χ0v) is 11.7. The second kappa shape index (κ2) is 4.58. The van der Waals surface area contributed by atoms with Gasteiger partial charge in [0, 0.05) is 0 Å². The van der Waals surface area contributed by atoms with Crippen LogP contribution in [0.5, 0.6) is 0 Å². The maximum absolute atomic E-state index is 2.45. The Labute approximate surface area is 100 Å². The maximum Gasteiger partial charge on any atom is 0.0803 e. The minimum atomic E-state index is -1.13. The molecule has 1 aromatic rings. The van der Waals surface area contributed by atoms with Crippen molar-refractivity contribution in [1.82, 2.24) is 0 Å². The van der Waals surface area contributed by atoms with Crippen molar-refractivity contribution >= 4 is 13.3 Å². The highest BCUT2D eigenvalue weighted by atomic mass is 28.3.